The highest BCUT2D eigenvalue weighted by Crippen LogP contribution is 2.40. The molecule has 70 valence electrons. The van der Waals surface area contributed by atoms with Crippen molar-refractivity contribution in [2.45, 2.75) is 19.4 Å². The van der Waals surface area contributed by atoms with Crippen molar-refractivity contribution in [3.8, 4) is 0 Å². The Morgan fingerprint density at radius 1 is 1.69 bits per heavy atom. The van der Waals surface area contributed by atoms with Crippen LogP contribution >= 0.6 is 15.9 Å². The molecule has 0 aromatic rings. The summed E-state index contributed by atoms with van der Waals surface area (Å²) in [5.74, 6) is -0.730. The van der Waals surface area contributed by atoms with E-state index in [1.807, 2.05) is 0 Å². The number of carbonyl (C=O) groups is 2. The van der Waals surface area contributed by atoms with Crippen LogP contribution < -0.4 is 0 Å². The van der Waals surface area contributed by atoms with Gasteiger partial charge in [0.05, 0.1) is 5.92 Å². The second kappa shape index (κ2) is 2.94. The van der Waals surface area contributed by atoms with E-state index in [0.717, 1.165) is 4.48 Å². The molecular weight excluding hydrogens is 236 g/mol. The summed E-state index contributed by atoms with van der Waals surface area (Å²) in [6, 6.07) is 0. The maximum atomic E-state index is 11.3. The summed E-state index contributed by atoms with van der Waals surface area (Å²) in [7, 11) is 0. The second-order valence-electron chi connectivity index (χ2n) is 3.46. The van der Waals surface area contributed by atoms with Crippen LogP contribution in [-0.2, 0) is 14.3 Å². The van der Waals surface area contributed by atoms with Gasteiger partial charge in [-0.05, 0) is 6.92 Å². The van der Waals surface area contributed by atoms with Gasteiger partial charge in [0.15, 0.2) is 0 Å². The Labute approximate surface area is 84.3 Å². The molecule has 4 heteroatoms. The first-order chi connectivity index (χ1) is 6.09. The van der Waals surface area contributed by atoms with Gasteiger partial charge in [-0.2, -0.15) is 0 Å². The average Bonchev–Trinajstić information content (AvgIpc) is 2.06. The molecule has 0 N–H and O–H groups in total. The molecule has 0 aromatic heterocycles. The molecule has 0 amide bonds. The molecule has 0 saturated carbocycles. The van der Waals surface area contributed by atoms with Crippen molar-refractivity contribution >= 4 is 27.7 Å². The van der Waals surface area contributed by atoms with Gasteiger partial charge in [0.2, 0.25) is 0 Å². The van der Waals surface area contributed by atoms with Gasteiger partial charge < -0.3 is 4.74 Å². The molecule has 2 heterocycles. The molecule has 2 aliphatic heterocycles. The monoisotopic (exact) mass is 244 g/mol. The first-order valence-corrected chi connectivity index (χ1v) is 4.97. The zero-order chi connectivity index (χ0) is 9.59. The van der Waals surface area contributed by atoms with Crippen molar-refractivity contribution in [2.75, 3.05) is 0 Å². The number of ketones is 1. The number of carbonyl (C=O) groups excluding carboxylic acids is 2. The lowest BCUT2D eigenvalue weighted by molar-refractivity contribution is -0.163. The molecule has 0 aromatic carbocycles. The molecule has 3 rings (SSSR count). The molecule has 1 fully saturated rings. The molecule has 3 aliphatic rings. The average molecular weight is 245 g/mol. The van der Waals surface area contributed by atoms with Gasteiger partial charge >= 0.3 is 5.97 Å². The summed E-state index contributed by atoms with van der Waals surface area (Å²) in [4.78, 5) is 22.5. The maximum Gasteiger partial charge on any atom is 0.314 e. The maximum absolute atomic E-state index is 11.3. The van der Waals surface area contributed by atoms with E-state index in [0.29, 0.717) is 6.42 Å². The van der Waals surface area contributed by atoms with Crippen LogP contribution in [0.1, 0.15) is 13.3 Å². The van der Waals surface area contributed by atoms with Crippen molar-refractivity contribution in [2.24, 2.45) is 11.8 Å². The van der Waals surface area contributed by atoms with Gasteiger partial charge in [-0.25, -0.2) is 0 Å². The smallest absolute Gasteiger partial charge is 0.314 e. The van der Waals surface area contributed by atoms with E-state index in [4.69, 9.17) is 4.74 Å². The van der Waals surface area contributed by atoms with Crippen LogP contribution in [0, 0.1) is 11.8 Å². The highest BCUT2D eigenvalue weighted by Gasteiger charge is 2.44. The SMILES string of the molecule is CC(=O)[C@H]1C[C@@H]2OC(=O)[C@H]1C=C2Br. The lowest BCUT2D eigenvalue weighted by atomic mass is 9.78. The third-order valence-electron chi connectivity index (χ3n) is 2.60. The predicted octanol–water partition coefficient (Wildman–Crippen LogP) is 1.42. The molecule has 1 saturated heterocycles. The minimum absolute atomic E-state index is 0.0721. The van der Waals surface area contributed by atoms with Crippen molar-refractivity contribution in [1.82, 2.24) is 0 Å². The molecule has 0 spiro atoms. The van der Waals surface area contributed by atoms with Crippen LogP contribution in [0.15, 0.2) is 10.6 Å². The van der Waals surface area contributed by atoms with Gasteiger partial charge in [0.25, 0.3) is 0 Å². The Morgan fingerprint density at radius 3 is 2.92 bits per heavy atom. The number of hydrogen-bond acceptors (Lipinski definition) is 3. The summed E-state index contributed by atoms with van der Waals surface area (Å²) in [5, 5.41) is 0. The Balaban J connectivity index is 2.33. The molecule has 3 nitrogen and oxygen atoms in total. The summed E-state index contributed by atoms with van der Waals surface area (Å²) in [6.07, 6.45) is 2.20. The quantitative estimate of drug-likeness (QED) is 0.656. The highest BCUT2D eigenvalue weighted by atomic mass is 79.9. The normalized spacial score (nSPS) is 36.9. The molecular formula is C9H9BrO3. The summed E-state index contributed by atoms with van der Waals surface area (Å²) < 4.78 is 5.97. The molecule has 2 bridgehead atoms. The molecule has 0 radical (unpaired) electrons. The minimum Gasteiger partial charge on any atom is -0.456 e. The fraction of sp³-hybridized carbons (Fsp3) is 0.556. The zero-order valence-electron chi connectivity index (χ0n) is 7.12. The number of rotatable bonds is 1. The van der Waals surface area contributed by atoms with Crippen molar-refractivity contribution in [3.05, 3.63) is 10.6 Å². The van der Waals surface area contributed by atoms with Gasteiger partial charge in [-0.15, -0.1) is 0 Å². The largest absolute Gasteiger partial charge is 0.456 e. The standard InChI is InChI=1S/C9H9BrO3/c1-4(11)5-3-8-7(10)2-6(5)9(12)13-8/h2,5-6,8H,3H2,1H3/t5-,6+,8+/m1/s1. The third-order valence-corrected chi connectivity index (χ3v) is 3.38. The van der Waals surface area contributed by atoms with E-state index < -0.39 is 0 Å². The first kappa shape index (κ1) is 8.94. The fourth-order valence-corrected chi connectivity index (χ4v) is 2.42. The lowest BCUT2D eigenvalue weighted by Crippen LogP contribution is -2.44. The van der Waals surface area contributed by atoms with Crippen molar-refractivity contribution < 1.29 is 14.3 Å². The number of hydrogen-bond donors (Lipinski definition) is 0. The summed E-state index contributed by atoms with van der Waals surface area (Å²) in [5.41, 5.74) is 0. The predicted molar refractivity (Wildman–Crippen MR) is 49.2 cm³/mol. The van der Waals surface area contributed by atoms with Crippen LogP contribution in [-0.4, -0.2) is 17.9 Å². The van der Waals surface area contributed by atoms with Crippen molar-refractivity contribution in [1.29, 1.82) is 0 Å². The Morgan fingerprint density at radius 2 is 2.38 bits per heavy atom. The summed E-state index contributed by atoms with van der Waals surface area (Å²) in [6.45, 7) is 1.53. The summed E-state index contributed by atoms with van der Waals surface area (Å²) >= 11 is 3.32. The minimum atomic E-state index is -0.364. The number of esters is 1. The van der Waals surface area contributed by atoms with Gasteiger partial charge in [-0.1, -0.05) is 22.0 Å². The Bertz CT molecular complexity index is 308. The number of fused-ring (bicyclic) bond motifs is 2. The van der Waals surface area contributed by atoms with Gasteiger partial charge in [0, 0.05) is 16.8 Å². The second-order valence-corrected chi connectivity index (χ2v) is 4.37. The van der Waals surface area contributed by atoms with Crippen molar-refractivity contribution in [3.63, 3.8) is 0 Å². The molecule has 13 heavy (non-hydrogen) atoms. The third kappa shape index (κ3) is 1.33. The van der Waals surface area contributed by atoms with E-state index in [1.54, 1.807) is 6.08 Å². The highest BCUT2D eigenvalue weighted by molar-refractivity contribution is 9.11. The Hall–Kier alpha value is -0.640. The van der Waals surface area contributed by atoms with Crippen LogP contribution in [0.5, 0.6) is 0 Å². The van der Waals surface area contributed by atoms with E-state index >= 15 is 0 Å². The Kier molecular flexibility index (Phi) is 2.02. The fourth-order valence-electron chi connectivity index (χ4n) is 1.86. The molecule has 0 unspecified atom stereocenters. The van der Waals surface area contributed by atoms with Crippen LogP contribution in [0.4, 0.5) is 0 Å². The lowest BCUT2D eigenvalue weighted by Gasteiger charge is -2.37. The number of Topliss-reactive ketones (excluding diaryl/α,β-unsaturated/α-hetero) is 1. The molecule has 1 aliphatic carbocycles. The number of halogens is 1. The number of ether oxygens (including phenoxy) is 1. The van der Waals surface area contributed by atoms with E-state index in [-0.39, 0.29) is 29.7 Å². The van der Waals surface area contributed by atoms with E-state index in [1.165, 1.54) is 6.92 Å². The van der Waals surface area contributed by atoms with Gasteiger partial charge in [0.1, 0.15) is 11.9 Å². The molecule has 3 atom stereocenters. The topological polar surface area (TPSA) is 43.4 Å². The van der Waals surface area contributed by atoms with E-state index in [2.05, 4.69) is 15.9 Å². The van der Waals surface area contributed by atoms with Crippen LogP contribution in [0.25, 0.3) is 0 Å². The first-order valence-electron chi connectivity index (χ1n) is 4.17. The zero-order valence-corrected chi connectivity index (χ0v) is 8.71. The van der Waals surface area contributed by atoms with Crippen LogP contribution in [0.3, 0.4) is 0 Å². The van der Waals surface area contributed by atoms with Gasteiger partial charge in [-0.3, -0.25) is 9.59 Å². The van der Waals surface area contributed by atoms with Crippen LogP contribution in [0.2, 0.25) is 0 Å². The van der Waals surface area contributed by atoms with E-state index in [9.17, 15) is 9.59 Å².